The molecule has 0 aromatic heterocycles. The fraction of sp³-hybridized carbons (Fsp3) is 0.364. The number of ether oxygens (including phenoxy) is 4. The largest absolute Gasteiger partial charge is 1.00 e. The van der Waals surface area contributed by atoms with Crippen molar-refractivity contribution < 1.29 is 40.4 Å². The molecule has 2 unspecified atom stereocenters. The lowest BCUT2D eigenvalue weighted by atomic mass is 9.81. The predicted octanol–water partition coefficient (Wildman–Crippen LogP) is 0.504. The lowest BCUT2D eigenvalue weighted by molar-refractivity contribution is -0.968. The Hall–Kier alpha value is -2.18. The van der Waals surface area contributed by atoms with Crippen LogP contribution in [0, 0.1) is 0 Å². The van der Waals surface area contributed by atoms with Gasteiger partial charge in [0.2, 0.25) is 13.6 Å². The first-order valence-corrected chi connectivity index (χ1v) is 9.57. The van der Waals surface area contributed by atoms with Crippen LogP contribution in [-0.2, 0) is 19.4 Å². The van der Waals surface area contributed by atoms with Gasteiger partial charge in [-0.1, -0.05) is 12.6 Å². The second kappa shape index (κ2) is 6.42. The molecule has 2 atom stereocenters. The highest BCUT2D eigenvalue weighted by atomic mass is 79.9. The molecule has 2 aromatic rings. The van der Waals surface area contributed by atoms with Crippen LogP contribution in [0.25, 0.3) is 0 Å². The number of benzene rings is 2. The van der Waals surface area contributed by atoms with E-state index in [9.17, 15) is 0 Å². The smallest absolute Gasteiger partial charge is 0.231 e. The van der Waals surface area contributed by atoms with E-state index in [1.54, 1.807) is 0 Å². The third kappa shape index (κ3) is 2.40. The molecule has 2 aromatic carbocycles. The van der Waals surface area contributed by atoms with Crippen LogP contribution in [0.1, 0.15) is 28.3 Å². The van der Waals surface area contributed by atoms with Gasteiger partial charge in [-0.3, -0.25) is 0 Å². The summed E-state index contributed by atoms with van der Waals surface area (Å²) in [6.45, 7) is 7.70. The van der Waals surface area contributed by atoms with Gasteiger partial charge >= 0.3 is 0 Å². The van der Waals surface area contributed by atoms with E-state index in [0.717, 1.165) is 60.0 Å². The van der Waals surface area contributed by atoms with E-state index in [1.165, 1.54) is 22.3 Å². The van der Waals surface area contributed by atoms with Gasteiger partial charge in [0.25, 0.3) is 0 Å². The number of hydrogen-bond donors (Lipinski definition) is 0. The maximum Gasteiger partial charge on any atom is 0.231 e. The number of halogens is 1. The van der Waals surface area contributed by atoms with Crippen molar-refractivity contribution in [3.8, 4) is 23.0 Å². The Labute approximate surface area is 174 Å². The van der Waals surface area contributed by atoms with Crippen molar-refractivity contribution in [3.05, 3.63) is 59.2 Å². The fourth-order valence-corrected chi connectivity index (χ4v) is 5.31. The number of rotatable bonds is 2. The van der Waals surface area contributed by atoms with Crippen LogP contribution < -0.4 is 35.9 Å². The Bertz CT molecular complexity index is 975. The summed E-state index contributed by atoms with van der Waals surface area (Å²) in [5.41, 5.74) is 5.47. The van der Waals surface area contributed by atoms with E-state index in [-0.39, 0.29) is 17.0 Å². The molecule has 0 amide bonds. The van der Waals surface area contributed by atoms with Gasteiger partial charge in [-0.25, -0.2) is 0 Å². The Balaban J connectivity index is 0.00000171. The zero-order valence-corrected chi connectivity index (χ0v) is 17.2. The van der Waals surface area contributed by atoms with Gasteiger partial charge in [-0.15, -0.1) is 0 Å². The number of quaternary nitrogens is 1. The molecule has 0 spiro atoms. The quantitative estimate of drug-likeness (QED) is 0.500. The molecule has 0 aliphatic carbocycles. The molecule has 28 heavy (non-hydrogen) atoms. The molecule has 5 nitrogen and oxygen atoms in total. The summed E-state index contributed by atoms with van der Waals surface area (Å²) in [4.78, 5) is 0. The summed E-state index contributed by atoms with van der Waals surface area (Å²) < 4.78 is 23.7. The predicted molar refractivity (Wildman–Crippen MR) is 99.2 cm³/mol. The van der Waals surface area contributed by atoms with Crippen molar-refractivity contribution in [2.45, 2.75) is 25.4 Å². The van der Waals surface area contributed by atoms with E-state index < -0.39 is 0 Å². The van der Waals surface area contributed by atoms with Crippen LogP contribution in [0.3, 0.4) is 0 Å². The fourth-order valence-electron chi connectivity index (χ4n) is 5.31. The molecule has 4 aliphatic rings. The minimum absolute atomic E-state index is 0. The second-order valence-corrected chi connectivity index (χ2v) is 7.88. The van der Waals surface area contributed by atoms with Crippen LogP contribution in [0.5, 0.6) is 23.0 Å². The maximum absolute atomic E-state index is 5.84. The highest BCUT2D eigenvalue weighted by Gasteiger charge is 2.47. The van der Waals surface area contributed by atoms with Crippen LogP contribution in [0.2, 0.25) is 0 Å². The minimum Gasteiger partial charge on any atom is -1.00 e. The molecule has 0 radical (unpaired) electrons. The molecular weight excluding hydrogens is 422 g/mol. The van der Waals surface area contributed by atoms with Crippen molar-refractivity contribution in [3.63, 3.8) is 0 Å². The zero-order valence-electron chi connectivity index (χ0n) is 15.6. The topological polar surface area (TPSA) is 36.9 Å². The highest BCUT2D eigenvalue weighted by molar-refractivity contribution is 5.54. The monoisotopic (exact) mass is 443 g/mol. The highest BCUT2D eigenvalue weighted by Crippen LogP contribution is 2.51. The number of fused-ring (bicyclic) bond motifs is 7. The van der Waals surface area contributed by atoms with Crippen molar-refractivity contribution in [1.29, 1.82) is 0 Å². The van der Waals surface area contributed by atoms with Crippen LogP contribution >= 0.6 is 0 Å². The average molecular weight is 444 g/mol. The normalized spacial score (nSPS) is 25.2. The van der Waals surface area contributed by atoms with Crippen LogP contribution in [0.4, 0.5) is 0 Å². The van der Waals surface area contributed by atoms with Gasteiger partial charge in [0.1, 0.15) is 12.6 Å². The SMILES string of the molecule is C=CC[N+]12CCc3cc4c(cc3C1Cc1ccc3c(c1C2)OCO3)OCO4.[Br-]. The van der Waals surface area contributed by atoms with Gasteiger partial charge in [-0.2, -0.15) is 0 Å². The van der Waals surface area contributed by atoms with E-state index in [0.29, 0.717) is 19.6 Å². The molecule has 0 saturated carbocycles. The first kappa shape index (κ1) is 17.9. The summed E-state index contributed by atoms with van der Waals surface area (Å²) in [7, 11) is 0. The summed E-state index contributed by atoms with van der Waals surface area (Å²) in [6.07, 6.45) is 4.10. The van der Waals surface area contributed by atoms with E-state index in [4.69, 9.17) is 18.9 Å². The standard InChI is InChI=1S/C22H22NO4.BrH/c1-2-6-23-7-5-15-9-20-21(26-12-25-20)10-16(15)18(23)8-14-3-4-19-22(17(14)11-23)27-13-24-19;/h2-4,9-10,18H,1,5-8,11-13H2;1H/q+1;/p-1. The van der Waals surface area contributed by atoms with Crippen molar-refractivity contribution in [2.75, 3.05) is 26.7 Å². The molecule has 6 rings (SSSR count). The van der Waals surface area contributed by atoms with Crippen molar-refractivity contribution >= 4 is 0 Å². The van der Waals surface area contributed by atoms with Crippen molar-refractivity contribution in [1.82, 2.24) is 0 Å². The third-order valence-electron chi connectivity index (χ3n) is 6.60. The summed E-state index contributed by atoms with van der Waals surface area (Å²) in [6, 6.07) is 9.07. The Morgan fingerprint density at radius 2 is 1.79 bits per heavy atom. The van der Waals surface area contributed by atoms with Gasteiger partial charge in [0.05, 0.1) is 18.7 Å². The number of hydrogen-bond acceptors (Lipinski definition) is 4. The molecule has 4 heterocycles. The zero-order chi connectivity index (χ0) is 18.0. The molecule has 4 aliphatic heterocycles. The number of nitrogens with zero attached hydrogens (tertiary/aromatic N) is 1. The maximum atomic E-state index is 5.84. The second-order valence-electron chi connectivity index (χ2n) is 7.88. The van der Waals surface area contributed by atoms with E-state index in [2.05, 4.69) is 36.9 Å². The summed E-state index contributed by atoms with van der Waals surface area (Å²) in [5, 5.41) is 0. The van der Waals surface area contributed by atoms with Crippen LogP contribution in [-0.4, -0.2) is 31.2 Å². The molecule has 6 heteroatoms. The third-order valence-corrected chi connectivity index (χ3v) is 6.60. The van der Waals surface area contributed by atoms with Gasteiger partial charge in [0.15, 0.2) is 23.0 Å². The molecular formula is C22H22BrNO4. The average Bonchev–Trinajstić information content (AvgIpc) is 3.34. The van der Waals surface area contributed by atoms with E-state index >= 15 is 0 Å². The molecule has 0 N–H and O–H groups in total. The molecule has 0 saturated heterocycles. The summed E-state index contributed by atoms with van der Waals surface area (Å²) in [5.74, 6) is 3.59. The minimum atomic E-state index is 0. The van der Waals surface area contributed by atoms with Gasteiger partial charge in [0, 0.05) is 18.4 Å². The Kier molecular flexibility index (Phi) is 4.10. The Morgan fingerprint density at radius 1 is 1.00 bits per heavy atom. The first-order valence-electron chi connectivity index (χ1n) is 9.57. The molecule has 146 valence electrons. The molecule has 0 bridgehead atoms. The first-order chi connectivity index (χ1) is 13.3. The summed E-state index contributed by atoms with van der Waals surface area (Å²) >= 11 is 0. The van der Waals surface area contributed by atoms with Crippen molar-refractivity contribution in [2.24, 2.45) is 0 Å². The lowest BCUT2D eigenvalue weighted by Gasteiger charge is -2.51. The van der Waals surface area contributed by atoms with Gasteiger partial charge in [-0.05, 0) is 35.4 Å². The van der Waals surface area contributed by atoms with Gasteiger partial charge < -0.3 is 40.4 Å². The molecule has 0 fully saturated rings. The van der Waals surface area contributed by atoms with Crippen LogP contribution in [0.15, 0.2) is 36.9 Å². The lowest BCUT2D eigenvalue weighted by Crippen LogP contribution is -3.00. The Morgan fingerprint density at radius 3 is 2.64 bits per heavy atom. The van der Waals surface area contributed by atoms with E-state index in [1.807, 2.05) is 0 Å².